The van der Waals surface area contributed by atoms with E-state index >= 15 is 0 Å². The normalized spacial score (nSPS) is 13.7. The first kappa shape index (κ1) is 31.8. The average Bonchev–Trinajstić information content (AvgIpc) is 2.86. The molecule has 0 aromatic heterocycles. The summed E-state index contributed by atoms with van der Waals surface area (Å²) in [6.45, 7) is -0.684. The van der Waals surface area contributed by atoms with Crippen molar-refractivity contribution in [3.63, 3.8) is 0 Å². The number of aliphatic hydroxyl groups is 1. The molecule has 1 aromatic carbocycles. The highest BCUT2D eigenvalue weighted by atomic mass is 16.4. The van der Waals surface area contributed by atoms with Crippen LogP contribution in [0, 0.1) is 0 Å². The fraction of sp³-hybridized carbons (Fsp3) is 0.478. The van der Waals surface area contributed by atoms with Crippen LogP contribution in [0.4, 0.5) is 0 Å². The zero-order valence-electron chi connectivity index (χ0n) is 20.8. The monoisotopic (exact) mass is 536 g/mol. The maximum atomic E-state index is 12.8. The van der Waals surface area contributed by atoms with Crippen molar-refractivity contribution < 1.29 is 34.2 Å². The molecule has 15 heteroatoms. The second kappa shape index (κ2) is 16.5. The van der Waals surface area contributed by atoms with Gasteiger partial charge in [-0.2, -0.15) is 0 Å². The van der Waals surface area contributed by atoms with Gasteiger partial charge in [0.2, 0.25) is 23.6 Å². The third-order valence-electron chi connectivity index (χ3n) is 5.32. The third kappa shape index (κ3) is 12.1. The molecule has 0 bridgehead atoms. The maximum Gasteiger partial charge on any atom is 0.326 e. The third-order valence-corrected chi connectivity index (χ3v) is 5.32. The molecular weight excluding hydrogens is 500 g/mol. The number of aliphatic hydroxyl groups excluding tert-OH is 1. The largest absolute Gasteiger partial charge is 0.480 e. The Labute approximate surface area is 219 Å². The van der Waals surface area contributed by atoms with Gasteiger partial charge in [0.05, 0.1) is 12.6 Å². The number of carboxylic acid groups (broad SMARTS) is 1. The van der Waals surface area contributed by atoms with Crippen LogP contribution in [-0.4, -0.2) is 83.1 Å². The van der Waals surface area contributed by atoms with Crippen LogP contribution in [0.15, 0.2) is 35.3 Å². The molecule has 4 amide bonds. The SMILES string of the molecule is NC(=O)CCC(NC(=O)C(CO)NC(=O)C(N)Cc1ccccc1)C(=O)NC(CCCN=C(N)N)C(=O)O. The summed E-state index contributed by atoms with van der Waals surface area (Å²) in [5.41, 5.74) is 22.3. The molecule has 0 spiro atoms. The summed E-state index contributed by atoms with van der Waals surface area (Å²) in [7, 11) is 0. The Kier molecular flexibility index (Phi) is 13.8. The van der Waals surface area contributed by atoms with Gasteiger partial charge in [-0.15, -0.1) is 0 Å². The highest BCUT2D eigenvalue weighted by Crippen LogP contribution is 2.05. The molecule has 0 aliphatic heterocycles. The van der Waals surface area contributed by atoms with Crippen LogP contribution >= 0.6 is 0 Å². The standard InChI is InChI=1S/C23H36N8O7/c24-14(11-13-5-2-1-3-6-13)19(34)31-17(12-32)21(36)29-15(8-9-18(25)33)20(35)30-16(22(37)38)7-4-10-28-23(26)27/h1-3,5-6,14-17,32H,4,7-12,24H2,(H2,25,33)(H,29,36)(H,30,35)(H,31,34)(H,37,38)(H4,26,27,28). The van der Waals surface area contributed by atoms with Gasteiger partial charge >= 0.3 is 5.97 Å². The Bertz CT molecular complexity index is 985. The first-order valence-electron chi connectivity index (χ1n) is 11.8. The van der Waals surface area contributed by atoms with Crippen molar-refractivity contribution in [3.8, 4) is 0 Å². The molecule has 210 valence electrons. The lowest BCUT2D eigenvalue weighted by Gasteiger charge is -2.24. The summed E-state index contributed by atoms with van der Waals surface area (Å²) in [6.07, 6.45) is -0.181. The molecule has 1 rings (SSSR count). The van der Waals surface area contributed by atoms with Crippen LogP contribution < -0.4 is 38.9 Å². The van der Waals surface area contributed by atoms with Gasteiger partial charge in [-0.3, -0.25) is 24.2 Å². The zero-order chi connectivity index (χ0) is 28.7. The molecule has 0 aliphatic carbocycles. The molecule has 0 heterocycles. The number of nitrogens with two attached hydrogens (primary N) is 4. The number of primary amides is 1. The second-order valence-corrected chi connectivity index (χ2v) is 8.45. The number of hydrogen-bond donors (Lipinski definition) is 9. The van der Waals surface area contributed by atoms with E-state index in [1.807, 2.05) is 0 Å². The molecule has 15 nitrogen and oxygen atoms in total. The van der Waals surface area contributed by atoms with Gasteiger partial charge in [0, 0.05) is 13.0 Å². The van der Waals surface area contributed by atoms with E-state index in [2.05, 4.69) is 20.9 Å². The summed E-state index contributed by atoms with van der Waals surface area (Å²) in [6, 6.07) is 3.68. The number of aliphatic imine (C=N–C) groups is 1. The smallest absolute Gasteiger partial charge is 0.326 e. The molecule has 0 radical (unpaired) electrons. The number of nitrogens with zero attached hydrogens (tertiary/aromatic N) is 1. The number of amides is 4. The van der Waals surface area contributed by atoms with Crippen molar-refractivity contribution in [1.29, 1.82) is 0 Å². The van der Waals surface area contributed by atoms with E-state index in [9.17, 15) is 34.2 Å². The van der Waals surface area contributed by atoms with Gasteiger partial charge in [0.1, 0.15) is 18.1 Å². The molecule has 0 saturated heterocycles. The second-order valence-electron chi connectivity index (χ2n) is 8.45. The van der Waals surface area contributed by atoms with Crippen LogP contribution in [0.2, 0.25) is 0 Å². The topological polar surface area (TPSA) is 278 Å². The minimum Gasteiger partial charge on any atom is -0.480 e. The summed E-state index contributed by atoms with van der Waals surface area (Å²) < 4.78 is 0. The molecule has 0 fully saturated rings. The van der Waals surface area contributed by atoms with Crippen LogP contribution in [0.25, 0.3) is 0 Å². The van der Waals surface area contributed by atoms with E-state index in [4.69, 9.17) is 22.9 Å². The van der Waals surface area contributed by atoms with Crippen LogP contribution in [-0.2, 0) is 30.4 Å². The molecule has 0 saturated carbocycles. The summed E-state index contributed by atoms with van der Waals surface area (Å²) in [5.74, 6) is -4.83. The number of rotatable bonds is 17. The van der Waals surface area contributed by atoms with Crippen LogP contribution in [0.5, 0.6) is 0 Å². The lowest BCUT2D eigenvalue weighted by molar-refractivity contribution is -0.142. The van der Waals surface area contributed by atoms with Crippen LogP contribution in [0.3, 0.4) is 0 Å². The fourth-order valence-corrected chi connectivity index (χ4v) is 3.29. The highest BCUT2D eigenvalue weighted by Gasteiger charge is 2.30. The molecule has 4 unspecified atom stereocenters. The maximum absolute atomic E-state index is 12.8. The van der Waals surface area contributed by atoms with Gasteiger partial charge in [-0.1, -0.05) is 30.3 Å². The van der Waals surface area contributed by atoms with Crippen molar-refractivity contribution in [3.05, 3.63) is 35.9 Å². The number of carbonyl (C=O) groups excluding carboxylic acids is 4. The van der Waals surface area contributed by atoms with E-state index in [-0.39, 0.29) is 44.6 Å². The number of benzene rings is 1. The lowest BCUT2D eigenvalue weighted by Crippen LogP contribution is -2.58. The fourth-order valence-electron chi connectivity index (χ4n) is 3.29. The first-order chi connectivity index (χ1) is 17.9. The number of hydrogen-bond acceptors (Lipinski definition) is 8. The summed E-state index contributed by atoms with van der Waals surface area (Å²) in [4.78, 5) is 64.7. The van der Waals surface area contributed by atoms with Gasteiger partial charge in [0.25, 0.3) is 0 Å². The Morgan fingerprint density at radius 3 is 1.97 bits per heavy atom. The van der Waals surface area contributed by atoms with Crippen LogP contribution in [0.1, 0.15) is 31.2 Å². The van der Waals surface area contributed by atoms with Crippen molar-refractivity contribution in [2.75, 3.05) is 13.2 Å². The highest BCUT2D eigenvalue weighted by molar-refractivity contribution is 5.94. The molecule has 38 heavy (non-hydrogen) atoms. The Balaban J connectivity index is 2.85. The average molecular weight is 537 g/mol. The van der Waals surface area contributed by atoms with Gasteiger partial charge in [-0.05, 0) is 31.2 Å². The molecule has 4 atom stereocenters. The van der Waals surface area contributed by atoms with Gasteiger partial charge < -0.3 is 49.1 Å². The predicted molar refractivity (Wildman–Crippen MR) is 137 cm³/mol. The molecule has 13 N–H and O–H groups in total. The van der Waals surface area contributed by atoms with Crippen molar-refractivity contribution in [2.24, 2.45) is 27.9 Å². The summed E-state index contributed by atoms with van der Waals surface area (Å²) >= 11 is 0. The van der Waals surface area contributed by atoms with E-state index < -0.39 is 60.4 Å². The predicted octanol–water partition coefficient (Wildman–Crippen LogP) is -3.59. The Hall–Kier alpha value is -4.24. The summed E-state index contributed by atoms with van der Waals surface area (Å²) in [5, 5.41) is 26.0. The molecular formula is C23H36N8O7. The minimum atomic E-state index is -1.47. The van der Waals surface area contributed by atoms with E-state index in [1.165, 1.54) is 0 Å². The van der Waals surface area contributed by atoms with E-state index in [0.717, 1.165) is 5.56 Å². The number of guanidine groups is 1. The van der Waals surface area contributed by atoms with Gasteiger partial charge in [0.15, 0.2) is 5.96 Å². The Morgan fingerprint density at radius 2 is 1.42 bits per heavy atom. The number of carbonyl (C=O) groups is 5. The molecule has 0 aliphatic rings. The van der Waals surface area contributed by atoms with E-state index in [0.29, 0.717) is 0 Å². The number of aliphatic carboxylic acids is 1. The van der Waals surface area contributed by atoms with Crippen molar-refractivity contribution in [2.45, 2.75) is 56.3 Å². The van der Waals surface area contributed by atoms with Crippen molar-refractivity contribution >= 4 is 35.6 Å². The van der Waals surface area contributed by atoms with Gasteiger partial charge in [-0.25, -0.2) is 4.79 Å². The molecule has 1 aromatic rings. The minimum absolute atomic E-state index is 0.0248. The zero-order valence-corrected chi connectivity index (χ0v) is 20.8. The Morgan fingerprint density at radius 1 is 0.842 bits per heavy atom. The number of nitrogens with one attached hydrogen (secondary N) is 3. The lowest BCUT2D eigenvalue weighted by atomic mass is 10.1. The number of carboxylic acids is 1. The van der Waals surface area contributed by atoms with Crippen molar-refractivity contribution in [1.82, 2.24) is 16.0 Å². The van der Waals surface area contributed by atoms with E-state index in [1.54, 1.807) is 30.3 Å². The quantitative estimate of drug-likeness (QED) is 0.0535. The first-order valence-corrected chi connectivity index (χ1v) is 11.8.